The molecule has 3 rings (SSSR count). The van der Waals surface area contributed by atoms with E-state index in [1.165, 1.54) is 24.3 Å². The minimum Gasteiger partial charge on any atom is -0.363 e. The Kier molecular flexibility index (Phi) is 5.82. The van der Waals surface area contributed by atoms with Crippen LogP contribution in [0.3, 0.4) is 0 Å². The molecule has 0 bridgehead atoms. The second-order valence-corrected chi connectivity index (χ2v) is 8.38. The lowest BCUT2D eigenvalue weighted by molar-refractivity contribution is -0.384. The number of nitrogens with two attached hydrogens (primary N) is 1. The average Bonchev–Trinajstić information content (AvgIpc) is 2.66. The quantitative estimate of drug-likeness (QED) is 0.581. The number of rotatable bonds is 5. The number of nitro benzene ring substituents is 1. The van der Waals surface area contributed by atoms with Gasteiger partial charge in [-0.15, -0.1) is 0 Å². The van der Waals surface area contributed by atoms with Crippen LogP contribution >= 0.6 is 0 Å². The van der Waals surface area contributed by atoms with Crippen molar-refractivity contribution in [1.29, 1.82) is 0 Å². The number of nitro groups is 1. The molecule has 29 heavy (non-hydrogen) atoms. The number of hydrogen-bond donors (Lipinski definition) is 1. The molecule has 1 unspecified atom stereocenters. The van der Waals surface area contributed by atoms with E-state index in [0.717, 1.165) is 12.1 Å². The smallest absolute Gasteiger partial charge is 0.293 e. The molecule has 0 amide bonds. The minimum absolute atomic E-state index is 0.294. The molecule has 0 spiro atoms. The maximum atomic E-state index is 14.1. The van der Waals surface area contributed by atoms with E-state index < -0.39 is 26.6 Å². The van der Waals surface area contributed by atoms with Crippen LogP contribution in [0.25, 0.3) is 0 Å². The van der Waals surface area contributed by atoms with E-state index in [1.54, 1.807) is 4.90 Å². The zero-order chi connectivity index (χ0) is 21.3. The molecule has 1 heterocycles. The highest BCUT2D eigenvalue weighted by atomic mass is 32.2. The van der Waals surface area contributed by atoms with E-state index in [9.17, 15) is 27.3 Å². The van der Waals surface area contributed by atoms with Crippen LogP contribution in [0.1, 0.15) is 18.5 Å². The molecule has 0 aromatic heterocycles. The third kappa shape index (κ3) is 4.52. The largest absolute Gasteiger partial charge is 0.363 e. The van der Waals surface area contributed by atoms with E-state index in [1.807, 2.05) is 11.8 Å². The molecule has 1 atom stereocenters. The summed E-state index contributed by atoms with van der Waals surface area (Å²) >= 11 is 0. The maximum Gasteiger partial charge on any atom is 0.293 e. The molecule has 11 heteroatoms. The van der Waals surface area contributed by atoms with Gasteiger partial charge in [-0.25, -0.2) is 22.3 Å². The predicted molar refractivity (Wildman–Crippen MR) is 103 cm³/mol. The lowest BCUT2D eigenvalue weighted by atomic mass is 10.0. The van der Waals surface area contributed by atoms with Gasteiger partial charge in [0, 0.05) is 49.9 Å². The topological polar surface area (TPSA) is 110 Å². The van der Waals surface area contributed by atoms with Crippen molar-refractivity contribution >= 4 is 21.4 Å². The molecule has 2 aromatic carbocycles. The summed E-state index contributed by atoms with van der Waals surface area (Å²) in [4.78, 5) is 14.2. The Morgan fingerprint density at radius 1 is 1.10 bits per heavy atom. The van der Waals surface area contributed by atoms with E-state index in [-0.39, 0.29) is 16.6 Å². The van der Waals surface area contributed by atoms with Crippen molar-refractivity contribution in [2.75, 3.05) is 31.1 Å². The summed E-state index contributed by atoms with van der Waals surface area (Å²) in [6.45, 7) is 3.64. The summed E-state index contributed by atoms with van der Waals surface area (Å²) in [5.41, 5.74) is 0.327. The first-order valence-corrected chi connectivity index (χ1v) is 10.4. The SMILES string of the molecule is CC(c1ccc(F)cc1F)N1CCN(c2ccc(S(N)(=O)=O)cc2[N+](=O)[O-])CC1. The fourth-order valence-corrected chi connectivity index (χ4v) is 4.01. The molecule has 0 aliphatic carbocycles. The molecule has 156 valence electrons. The van der Waals surface area contributed by atoms with Gasteiger partial charge in [-0.05, 0) is 25.1 Å². The first-order valence-electron chi connectivity index (χ1n) is 8.83. The zero-order valence-electron chi connectivity index (χ0n) is 15.6. The van der Waals surface area contributed by atoms with Gasteiger partial charge in [0.1, 0.15) is 17.3 Å². The number of benzene rings is 2. The molecule has 0 saturated carbocycles. The van der Waals surface area contributed by atoms with Crippen molar-refractivity contribution in [3.8, 4) is 0 Å². The number of primary sulfonamides is 1. The number of sulfonamides is 1. The van der Waals surface area contributed by atoms with Crippen LogP contribution in [-0.2, 0) is 10.0 Å². The van der Waals surface area contributed by atoms with Crippen LogP contribution in [-0.4, -0.2) is 44.4 Å². The van der Waals surface area contributed by atoms with Gasteiger partial charge in [0.05, 0.1) is 9.82 Å². The van der Waals surface area contributed by atoms with Crippen LogP contribution in [0.15, 0.2) is 41.3 Å². The van der Waals surface area contributed by atoms with Gasteiger partial charge in [0.2, 0.25) is 10.0 Å². The molecule has 8 nitrogen and oxygen atoms in total. The summed E-state index contributed by atoms with van der Waals surface area (Å²) in [5.74, 6) is -1.26. The van der Waals surface area contributed by atoms with Gasteiger partial charge in [-0.2, -0.15) is 0 Å². The molecule has 1 fully saturated rings. The lowest BCUT2D eigenvalue weighted by Gasteiger charge is -2.39. The molecule has 1 aliphatic heterocycles. The van der Waals surface area contributed by atoms with Crippen LogP contribution < -0.4 is 10.0 Å². The fraction of sp³-hybridized carbons (Fsp3) is 0.333. The van der Waals surface area contributed by atoms with Crippen molar-refractivity contribution in [3.63, 3.8) is 0 Å². The summed E-state index contributed by atoms with van der Waals surface area (Å²) in [7, 11) is -4.06. The third-order valence-corrected chi connectivity index (χ3v) is 6.00. The van der Waals surface area contributed by atoms with E-state index >= 15 is 0 Å². The predicted octanol–water partition coefficient (Wildman–Crippen LogP) is 2.40. The Morgan fingerprint density at radius 2 is 1.76 bits per heavy atom. The van der Waals surface area contributed by atoms with Gasteiger partial charge >= 0.3 is 0 Å². The van der Waals surface area contributed by atoms with Gasteiger partial charge in [-0.3, -0.25) is 15.0 Å². The average molecular weight is 426 g/mol. The molecule has 2 aromatic rings. The number of hydrogen-bond acceptors (Lipinski definition) is 6. The van der Waals surface area contributed by atoms with E-state index in [0.29, 0.717) is 37.4 Å². The van der Waals surface area contributed by atoms with E-state index in [2.05, 4.69) is 0 Å². The zero-order valence-corrected chi connectivity index (χ0v) is 16.4. The normalized spacial score (nSPS) is 16.6. The van der Waals surface area contributed by atoms with Crippen LogP contribution in [0.5, 0.6) is 0 Å². The Labute approximate surface area is 166 Å². The molecule has 2 N–H and O–H groups in total. The number of anilines is 1. The first kappa shape index (κ1) is 21.1. The van der Waals surface area contributed by atoms with Gasteiger partial charge in [0.25, 0.3) is 5.69 Å². The van der Waals surface area contributed by atoms with Crippen LogP contribution in [0.4, 0.5) is 20.2 Å². The highest BCUT2D eigenvalue weighted by Gasteiger charge is 2.28. The van der Waals surface area contributed by atoms with E-state index in [4.69, 9.17) is 5.14 Å². The Hall–Kier alpha value is -2.63. The standard InChI is InChI=1S/C18H20F2N4O4S/c1-12(15-4-2-13(19)10-16(15)20)22-6-8-23(9-7-22)17-5-3-14(29(21,27)28)11-18(17)24(25)26/h2-5,10-12H,6-9H2,1H3,(H2,21,27,28). The maximum absolute atomic E-state index is 14.1. The minimum atomic E-state index is -4.06. The van der Waals surface area contributed by atoms with Crippen LogP contribution in [0, 0.1) is 21.7 Å². The third-order valence-electron chi connectivity index (χ3n) is 5.09. The molecular formula is C18H20F2N4O4S. The lowest BCUT2D eigenvalue weighted by Crippen LogP contribution is -2.47. The summed E-state index contributed by atoms with van der Waals surface area (Å²) in [5, 5.41) is 16.5. The highest BCUT2D eigenvalue weighted by molar-refractivity contribution is 7.89. The van der Waals surface area contributed by atoms with Gasteiger partial charge in [-0.1, -0.05) is 6.07 Å². The van der Waals surface area contributed by atoms with Crippen molar-refractivity contribution in [3.05, 3.63) is 63.7 Å². The molecule has 1 aliphatic rings. The molecular weight excluding hydrogens is 406 g/mol. The number of nitrogens with zero attached hydrogens (tertiary/aromatic N) is 3. The van der Waals surface area contributed by atoms with Crippen molar-refractivity contribution < 1.29 is 22.1 Å². The summed E-state index contributed by atoms with van der Waals surface area (Å²) < 4.78 is 50.2. The fourth-order valence-electron chi connectivity index (χ4n) is 3.48. The monoisotopic (exact) mass is 426 g/mol. The highest BCUT2D eigenvalue weighted by Crippen LogP contribution is 2.32. The van der Waals surface area contributed by atoms with Crippen LogP contribution in [0.2, 0.25) is 0 Å². The first-order chi connectivity index (χ1) is 13.6. The van der Waals surface area contributed by atoms with Crippen molar-refractivity contribution in [1.82, 2.24) is 4.90 Å². The Bertz CT molecular complexity index is 1040. The van der Waals surface area contributed by atoms with Crippen molar-refractivity contribution in [2.45, 2.75) is 17.9 Å². The van der Waals surface area contributed by atoms with Gasteiger partial charge < -0.3 is 4.90 Å². The Balaban J connectivity index is 1.77. The number of piperazine rings is 1. The number of halogens is 2. The second kappa shape index (κ2) is 8.01. The Morgan fingerprint density at radius 3 is 2.31 bits per heavy atom. The van der Waals surface area contributed by atoms with Crippen molar-refractivity contribution in [2.24, 2.45) is 5.14 Å². The molecule has 0 radical (unpaired) electrons. The van der Waals surface area contributed by atoms with Gasteiger partial charge in [0.15, 0.2) is 0 Å². The summed E-state index contributed by atoms with van der Waals surface area (Å²) in [6, 6.07) is 6.74. The second-order valence-electron chi connectivity index (χ2n) is 6.82. The molecule has 1 saturated heterocycles. The summed E-state index contributed by atoms with van der Waals surface area (Å²) in [6.07, 6.45) is 0.